The second-order valence-electron chi connectivity index (χ2n) is 4.01. The highest BCUT2D eigenvalue weighted by molar-refractivity contribution is 5.87. The lowest BCUT2D eigenvalue weighted by Gasteiger charge is -2.21. The van der Waals surface area contributed by atoms with Crippen molar-refractivity contribution in [2.45, 2.75) is 38.9 Å². The van der Waals surface area contributed by atoms with Crippen LogP contribution in [0.2, 0.25) is 0 Å². The zero-order valence-electron chi connectivity index (χ0n) is 7.04. The SMILES string of the molecule is CC(C)[C@H]1CC(=O)[C@@H]2O[C@@H]2C1. The van der Waals surface area contributed by atoms with E-state index in [1.54, 1.807) is 0 Å². The van der Waals surface area contributed by atoms with Gasteiger partial charge in [0.05, 0.1) is 6.10 Å². The van der Waals surface area contributed by atoms with Crippen molar-refractivity contribution < 1.29 is 9.53 Å². The average Bonchev–Trinajstić information content (AvgIpc) is 2.66. The fraction of sp³-hybridized carbons (Fsp3) is 0.889. The van der Waals surface area contributed by atoms with Gasteiger partial charge >= 0.3 is 0 Å². The number of epoxide rings is 1. The predicted molar refractivity (Wildman–Crippen MR) is 41.2 cm³/mol. The zero-order chi connectivity index (χ0) is 8.01. The van der Waals surface area contributed by atoms with Crippen LogP contribution in [0, 0.1) is 11.8 Å². The Bertz CT molecular complexity index is 186. The molecule has 2 nitrogen and oxygen atoms in total. The van der Waals surface area contributed by atoms with E-state index < -0.39 is 0 Å². The molecule has 1 aliphatic heterocycles. The van der Waals surface area contributed by atoms with Gasteiger partial charge < -0.3 is 4.74 Å². The molecule has 2 heteroatoms. The summed E-state index contributed by atoms with van der Waals surface area (Å²) in [6.45, 7) is 4.36. The van der Waals surface area contributed by atoms with Crippen molar-refractivity contribution in [2.24, 2.45) is 11.8 Å². The molecule has 1 aliphatic carbocycles. The van der Waals surface area contributed by atoms with Gasteiger partial charge in [0.1, 0.15) is 6.10 Å². The van der Waals surface area contributed by atoms with Crippen LogP contribution in [0.5, 0.6) is 0 Å². The van der Waals surface area contributed by atoms with Gasteiger partial charge in [-0.05, 0) is 18.3 Å². The summed E-state index contributed by atoms with van der Waals surface area (Å²) in [5.74, 6) is 1.54. The molecular formula is C9H14O2. The minimum absolute atomic E-state index is 0.00463. The lowest BCUT2D eigenvalue weighted by molar-refractivity contribution is -0.121. The van der Waals surface area contributed by atoms with E-state index in [-0.39, 0.29) is 6.10 Å². The normalized spacial score (nSPS) is 42.5. The molecule has 1 saturated carbocycles. The third kappa shape index (κ3) is 1.20. The molecule has 62 valence electrons. The summed E-state index contributed by atoms with van der Waals surface area (Å²) in [5, 5.41) is 0. The van der Waals surface area contributed by atoms with E-state index in [9.17, 15) is 4.79 Å². The van der Waals surface area contributed by atoms with Crippen LogP contribution in [0.1, 0.15) is 26.7 Å². The van der Waals surface area contributed by atoms with Gasteiger partial charge in [-0.15, -0.1) is 0 Å². The summed E-state index contributed by atoms with van der Waals surface area (Å²) in [4.78, 5) is 11.2. The van der Waals surface area contributed by atoms with Crippen LogP contribution in [0.15, 0.2) is 0 Å². The first-order valence-electron chi connectivity index (χ1n) is 4.36. The lowest BCUT2D eigenvalue weighted by Crippen LogP contribution is -2.25. The molecule has 11 heavy (non-hydrogen) atoms. The Labute approximate surface area is 66.9 Å². The Kier molecular flexibility index (Phi) is 1.53. The van der Waals surface area contributed by atoms with Gasteiger partial charge in [-0.2, -0.15) is 0 Å². The molecule has 0 aromatic rings. The maximum atomic E-state index is 11.2. The Hall–Kier alpha value is -0.370. The number of carbonyl (C=O) groups excluding carboxylic acids is 1. The summed E-state index contributed by atoms with van der Waals surface area (Å²) in [6, 6.07) is 0. The molecule has 0 amide bonds. The Balaban J connectivity index is 2.00. The maximum absolute atomic E-state index is 11.2. The van der Waals surface area contributed by atoms with E-state index in [4.69, 9.17) is 4.74 Å². The quantitative estimate of drug-likeness (QED) is 0.534. The summed E-state index contributed by atoms with van der Waals surface area (Å²) in [6.07, 6.45) is 2.15. The third-order valence-electron chi connectivity index (χ3n) is 2.84. The first kappa shape index (κ1) is 7.29. The van der Waals surface area contributed by atoms with Crippen LogP contribution < -0.4 is 0 Å². The maximum Gasteiger partial charge on any atom is 0.164 e. The summed E-state index contributed by atoms with van der Waals surface area (Å²) in [7, 11) is 0. The molecule has 2 rings (SSSR count). The number of fused-ring (bicyclic) bond motifs is 1. The highest BCUT2D eigenvalue weighted by Gasteiger charge is 2.50. The smallest absolute Gasteiger partial charge is 0.164 e. The topological polar surface area (TPSA) is 29.6 Å². The van der Waals surface area contributed by atoms with E-state index in [0.717, 1.165) is 12.8 Å². The lowest BCUT2D eigenvalue weighted by atomic mass is 9.81. The molecular weight excluding hydrogens is 140 g/mol. The van der Waals surface area contributed by atoms with E-state index in [0.29, 0.717) is 23.7 Å². The second kappa shape index (κ2) is 2.31. The monoisotopic (exact) mass is 154 g/mol. The van der Waals surface area contributed by atoms with Crippen LogP contribution in [0.25, 0.3) is 0 Å². The Morgan fingerprint density at radius 1 is 1.55 bits per heavy atom. The largest absolute Gasteiger partial charge is 0.361 e. The van der Waals surface area contributed by atoms with E-state index in [1.165, 1.54) is 0 Å². The average molecular weight is 154 g/mol. The van der Waals surface area contributed by atoms with Gasteiger partial charge in [-0.25, -0.2) is 0 Å². The number of Topliss-reactive ketones (excluding diaryl/α,β-unsaturated/α-hetero) is 1. The fourth-order valence-electron chi connectivity index (χ4n) is 1.87. The molecule has 0 radical (unpaired) electrons. The third-order valence-corrected chi connectivity index (χ3v) is 2.84. The van der Waals surface area contributed by atoms with Crippen LogP contribution in [-0.4, -0.2) is 18.0 Å². The van der Waals surface area contributed by atoms with Crippen molar-refractivity contribution >= 4 is 5.78 Å². The minimum atomic E-state index is 0.00463. The van der Waals surface area contributed by atoms with E-state index in [1.807, 2.05) is 0 Å². The summed E-state index contributed by atoms with van der Waals surface area (Å²) < 4.78 is 5.22. The highest BCUT2D eigenvalue weighted by atomic mass is 16.6. The highest BCUT2D eigenvalue weighted by Crippen LogP contribution is 2.39. The van der Waals surface area contributed by atoms with Gasteiger partial charge in [-0.1, -0.05) is 13.8 Å². The van der Waals surface area contributed by atoms with Gasteiger partial charge in [0.15, 0.2) is 5.78 Å². The molecule has 0 unspecified atom stereocenters. The molecule has 2 aliphatic rings. The van der Waals surface area contributed by atoms with Crippen molar-refractivity contribution in [3.8, 4) is 0 Å². The van der Waals surface area contributed by atoms with Crippen molar-refractivity contribution in [3.63, 3.8) is 0 Å². The number of hydrogen-bond acceptors (Lipinski definition) is 2. The minimum Gasteiger partial charge on any atom is -0.361 e. The van der Waals surface area contributed by atoms with Gasteiger partial charge in [-0.3, -0.25) is 4.79 Å². The van der Waals surface area contributed by atoms with Gasteiger partial charge in [0.2, 0.25) is 0 Å². The molecule has 2 fully saturated rings. The number of hydrogen-bond donors (Lipinski definition) is 0. The second-order valence-corrected chi connectivity index (χ2v) is 4.01. The molecule has 0 aromatic carbocycles. The molecule has 1 heterocycles. The summed E-state index contributed by atoms with van der Waals surface area (Å²) >= 11 is 0. The van der Waals surface area contributed by atoms with Crippen molar-refractivity contribution in [3.05, 3.63) is 0 Å². The standard InChI is InChI=1S/C9H14O2/c1-5(2)6-3-7(10)9-8(4-6)11-9/h5-6,8-9H,3-4H2,1-2H3/t6-,8+,9-/m0/s1. The molecule has 0 bridgehead atoms. The molecule has 0 N–H and O–H groups in total. The number of ether oxygens (including phenoxy) is 1. The number of carbonyl (C=O) groups is 1. The van der Waals surface area contributed by atoms with Crippen molar-refractivity contribution in [1.29, 1.82) is 0 Å². The van der Waals surface area contributed by atoms with Crippen LogP contribution in [0.3, 0.4) is 0 Å². The van der Waals surface area contributed by atoms with Crippen molar-refractivity contribution in [1.82, 2.24) is 0 Å². The Morgan fingerprint density at radius 2 is 2.27 bits per heavy atom. The van der Waals surface area contributed by atoms with Crippen LogP contribution in [-0.2, 0) is 9.53 Å². The molecule has 1 saturated heterocycles. The van der Waals surface area contributed by atoms with Crippen molar-refractivity contribution in [2.75, 3.05) is 0 Å². The molecule has 3 atom stereocenters. The Morgan fingerprint density at radius 3 is 2.82 bits per heavy atom. The van der Waals surface area contributed by atoms with Gasteiger partial charge in [0.25, 0.3) is 0 Å². The first-order chi connectivity index (χ1) is 5.18. The molecule has 0 spiro atoms. The van der Waals surface area contributed by atoms with E-state index in [2.05, 4.69) is 13.8 Å². The predicted octanol–water partition coefficient (Wildman–Crippen LogP) is 1.39. The number of ketones is 1. The molecule has 0 aromatic heterocycles. The van der Waals surface area contributed by atoms with Gasteiger partial charge in [0, 0.05) is 6.42 Å². The fourth-order valence-corrected chi connectivity index (χ4v) is 1.87. The first-order valence-corrected chi connectivity index (χ1v) is 4.36. The number of rotatable bonds is 1. The zero-order valence-corrected chi connectivity index (χ0v) is 7.04. The van der Waals surface area contributed by atoms with E-state index >= 15 is 0 Å². The van der Waals surface area contributed by atoms with Crippen LogP contribution >= 0.6 is 0 Å². The summed E-state index contributed by atoms with van der Waals surface area (Å²) in [5.41, 5.74) is 0. The van der Waals surface area contributed by atoms with Crippen LogP contribution in [0.4, 0.5) is 0 Å².